The van der Waals surface area contributed by atoms with Gasteiger partial charge in [0.15, 0.2) is 0 Å². The topological polar surface area (TPSA) is 18.5 Å². The minimum atomic E-state index is 0.598. The molecule has 4 heteroatoms. The molecule has 138 valence electrons. The molecule has 2 saturated heterocycles. The molecule has 3 aliphatic heterocycles. The number of nitrogens with one attached hydrogen (secondary N) is 1. The summed E-state index contributed by atoms with van der Waals surface area (Å²) in [5.41, 5.74) is 3.63. The Balaban J connectivity index is 1.18. The van der Waals surface area contributed by atoms with E-state index in [0.29, 0.717) is 5.41 Å². The zero-order chi connectivity index (χ0) is 17.1. The lowest BCUT2D eigenvalue weighted by molar-refractivity contribution is 0.0631. The van der Waals surface area contributed by atoms with Crippen molar-refractivity contribution in [2.75, 3.05) is 39.3 Å². The van der Waals surface area contributed by atoms with Gasteiger partial charge in [-0.15, -0.1) is 0 Å². The summed E-state index contributed by atoms with van der Waals surface area (Å²) in [6, 6.07) is 6.75. The zero-order valence-corrected chi connectivity index (χ0v) is 17.0. The molecule has 1 spiro atoms. The van der Waals surface area contributed by atoms with Crippen LogP contribution in [0.25, 0.3) is 0 Å². The van der Waals surface area contributed by atoms with Crippen LogP contribution in [0.5, 0.6) is 0 Å². The van der Waals surface area contributed by atoms with Gasteiger partial charge in [-0.3, -0.25) is 4.90 Å². The van der Waals surface area contributed by atoms with E-state index < -0.39 is 0 Å². The molecule has 25 heavy (non-hydrogen) atoms. The van der Waals surface area contributed by atoms with Gasteiger partial charge in [0.25, 0.3) is 0 Å². The van der Waals surface area contributed by atoms with Crippen LogP contribution in [0.3, 0.4) is 0 Å². The van der Waals surface area contributed by atoms with Gasteiger partial charge in [-0.05, 0) is 93.4 Å². The Morgan fingerprint density at radius 3 is 2.64 bits per heavy atom. The maximum Gasteiger partial charge on any atom is 0.0240 e. The van der Waals surface area contributed by atoms with E-state index in [1.54, 1.807) is 0 Å². The van der Waals surface area contributed by atoms with E-state index in [2.05, 4.69) is 49.2 Å². The van der Waals surface area contributed by atoms with Crippen LogP contribution in [0.2, 0.25) is 0 Å². The fourth-order valence-electron chi connectivity index (χ4n) is 5.14. The normalized spacial score (nSPS) is 27.7. The van der Waals surface area contributed by atoms with Crippen molar-refractivity contribution in [1.82, 2.24) is 15.1 Å². The quantitative estimate of drug-likeness (QED) is 0.746. The number of hydrogen-bond donors (Lipinski definition) is 1. The first-order chi connectivity index (χ1) is 12.2. The standard InChI is InChI=1S/C21H32BrN3/c22-20-6-5-18-14-25(15-19(18)13-20)11-2-1-10-24-12-4-8-21(17-24)7-3-9-23-16-21/h5-6,13,23H,1-4,7-12,14-17H2. The number of piperidine rings is 2. The molecule has 0 aliphatic carbocycles. The number of likely N-dealkylation sites (tertiary alicyclic amines) is 1. The summed E-state index contributed by atoms with van der Waals surface area (Å²) in [4.78, 5) is 5.37. The molecule has 0 radical (unpaired) electrons. The number of nitrogens with zero attached hydrogens (tertiary/aromatic N) is 2. The summed E-state index contributed by atoms with van der Waals surface area (Å²) >= 11 is 3.59. The van der Waals surface area contributed by atoms with Gasteiger partial charge < -0.3 is 10.2 Å². The molecule has 1 atom stereocenters. The highest BCUT2D eigenvalue weighted by molar-refractivity contribution is 9.10. The minimum absolute atomic E-state index is 0.598. The van der Waals surface area contributed by atoms with E-state index >= 15 is 0 Å². The Bertz CT molecular complexity index is 577. The fraction of sp³-hybridized carbons (Fsp3) is 0.714. The molecule has 0 aromatic heterocycles. The van der Waals surface area contributed by atoms with Crippen molar-refractivity contribution in [3.05, 3.63) is 33.8 Å². The second kappa shape index (κ2) is 8.08. The molecule has 4 rings (SSSR count). The van der Waals surface area contributed by atoms with Gasteiger partial charge in [0.05, 0.1) is 0 Å². The Labute approximate surface area is 161 Å². The van der Waals surface area contributed by atoms with Crippen LogP contribution in [0.1, 0.15) is 49.7 Å². The molecule has 1 aromatic carbocycles. The highest BCUT2D eigenvalue weighted by Crippen LogP contribution is 2.36. The van der Waals surface area contributed by atoms with Crippen LogP contribution in [-0.2, 0) is 13.1 Å². The Morgan fingerprint density at radius 1 is 1.00 bits per heavy atom. The van der Waals surface area contributed by atoms with Crippen molar-refractivity contribution >= 4 is 15.9 Å². The molecule has 1 N–H and O–H groups in total. The highest BCUT2D eigenvalue weighted by Gasteiger charge is 2.36. The maximum atomic E-state index is 3.65. The summed E-state index contributed by atoms with van der Waals surface area (Å²) in [7, 11) is 0. The van der Waals surface area contributed by atoms with E-state index in [4.69, 9.17) is 0 Å². The predicted octanol–water partition coefficient (Wildman–Crippen LogP) is 4.01. The van der Waals surface area contributed by atoms with Gasteiger partial charge in [-0.25, -0.2) is 0 Å². The first kappa shape index (κ1) is 18.0. The SMILES string of the molecule is Brc1ccc2c(c1)CN(CCCCN1CCCC3(CCCNC3)C1)C2. The van der Waals surface area contributed by atoms with Crippen LogP contribution in [-0.4, -0.2) is 49.1 Å². The summed E-state index contributed by atoms with van der Waals surface area (Å²) in [6.45, 7) is 9.96. The minimum Gasteiger partial charge on any atom is -0.316 e. The highest BCUT2D eigenvalue weighted by atomic mass is 79.9. The number of fused-ring (bicyclic) bond motifs is 1. The molecule has 3 nitrogen and oxygen atoms in total. The Hall–Kier alpha value is -0.420. The van der Waals surface area contributed by atoms with Gasteiger partial charge >= 0.3 is 0 Å². The lowest BCUT2D eigenvalue weighted by Gasteiger charge is -2.45. The van der Waals surface area contributed by atoms with E-state index in [-0.39, 0.29) is 0 Å². The molecule has 3 aliphatic rings. The van der Waals surface area contributed by atoms with Gasteiger partial charge in [0, 0.05) is 30.7 Å². The van der Waals surface area contributed by atoms with Crippen LogP contribution >= 0.6 is 15.9 Å². The number of hydrogen-bond acceptors (Lipinski definition) is 3. The van der Waals surface area contributed by atoms with Gasteiger partial charge in [-0.1, -0.05) is 22.0 Å². The van der Waals surface area contributed by atoms with E-state index in [1.165, 1.54) is 93.4 Å². The van der Waals surface area contributed by atoms with Crippen LogP contribution < -0.4 is 5.32 Å². The average molecular weight is 406 g/mol. The predicted molar refractivity (Wildman–Crippen MR) is 108 cm³/mol. The molecule has 0 saturated carbocycles. The Morgan fingerprint density at radius 2 is 1.80 bits per heavy atom. The van der Waals surface area contributed by atoms with Crippen molar-refractivity contribution in [2.24, 2.45) is 5.41 Å². The molecule has 3 heterocycles. The summed E-state index contributed by atoms with van der Waals surface area (Å²) in [6.07, 6.45) is 8.34. The van der Waals surface area contributed by atoms with Gasteiger partial charge in [-0.2, -0.15) is 0 Å². The van der Waals surface area contributed by atoms with Gasteiger partial charge in [0.1, 0.15) is 0 Å². The average Bonchev–Trinajstić information content (AvgIpc) is 3.01. The number of benzene rings is 1. The number of rotatable bonds is 5. The molecule has 2 fully saturated rings. The van der Waals surface area contributed by atoms with Crippen molar-refractivity contribution < 1.29 is 0 Å². The maximum absolute atomic E-state index is 3.65. The van der Waals surface area contributed by atoms with E-state index in [9.17, 15) is 0 Å². The lowest BCUT2D eigenvalue weighted by atomic mass is 9.74. The first-order valence-electron chi connectivity index (χ1n) is 10.2. The third kappa shape index (κ3) is 4.47. The van der Waals surface area contributed by atoms with Gasteiger partial charge in [0.2, 0.25) is 0 Å². The monoisotopic (exact) mass is 405 g/mol. The second-order valence-electron chi connectivity index (χ2n) is 8.49. The smallest absolute Gasteiger partial charge is 0.0240 e. The van der Waals surface area contributed by atoms with E-state index in [0.717, 1.165) is 13.1 Å². The lowest BCUT2D eigenvalue weighted by Crippen LogP contribution is -2.51. The molecule has 1 aromatic rings. The number of unbranched alkanes of at least 4 members (excludes halogenated alkanes) is 1. The van der Waals surface area contributed by atoms with Crippen molar-refractivity contribution in [3.63, 3.8) is 0 Å². The summed E-state index contributed by atoms with van der Waals surface area (Å²) in [5, 5.41) is 3.65. The van der Waals surface area contributed by atoms with E-state index in [1.807, 2.05) is 0 Å². The zero-order valence-electron chi connectivity index (χ0n) is 15.4. The van der Waals surface area contributed by atoms with Crippen molar-refractivity contribution in [2.45, 2.75) is 51.6 Å². The van der Waals surface area contributed by atoms with Crippen LogP contribution in [0.15, 0.2) is 22.7 Å². The number of halogens is 1. The van der Waals surface area contributed by atoms with Crippen LogP contribution in [0.4, 0.5) is 0 Å². The molecular formula is C21H32BrN3. The third-order valence-electron chi connectivity index (χ3n) is 6.46. The molecule has 0 bridgehead atoms. The molecule has 0 amide bonds. The molecular weight excluding hydrogens is 374 g/mol. The summed E-state index contributed by atoms with van der Waals surface area (Å²) < 4.78 is 1.21. The molecule has 1 unspecified atom stereocenters. The second-order valence-corrected chi connectivity index (χ2v) is 9.41. The summed E-state index contributed by atoms with van der Waals surface area (Å²) in [5.74, 6) is 0. The van der Waals surface area contributed by atoms with Crippen molar-refractivity contribution in [3.8, 4) is 0 Å². The fourth-order valence-corrected chi connectivity index (χ4v) is 5.55. The first-order valence-corrected chi connectivity index (χ1v) is 10.9. The third-order valence-corrected chi connectivity index (χ3v) is 6.95. The van der Waals surface area contributed by atoms with Crippen LogP contribution in [0, 0.1) is 5.41 Å². The van der Waals surface area contributed by atoms with Crippen molar-refractivity contribution in [1.29, 1.82) is 0 Å². The Kier molecular flexibility index (Phi) is 5.81. The largest absolute Gasteiger partial charge is 0.316 e.